The molecule has 1 heteroatoms. The summed E-state index contributed by atoms with van der Waals surface area (Å²) in [7, 11) is 0. The Labute approximate surface area is 100 Å². The fourth-order valence-electron chi connectivity index (χ4n) is 2.03. The van der Waals surface area contributed by atoms with Gasteiger partial charge in [-0.25, -0.2) is 0 Å². The number of hydrogen-bond acceptors (Lipinski definition) is 1. The van der Waals surface area contributed by atoms with Crippen molar-refractivity contribution in [2.45, 2.75) is 6.42 Å². The monoisotopic (exact) mass is 220 g/mol. The highest BCUT2D eigenvalue weighted by Gasteiger charge is 2.22. The predicted molar refractivity (Wildman–Crippen MR) is 69.8 cm³/mol. The molecule has 82 valence electrons. The Hall–Kier alpha value is -2.15. The summed E-state index contributed by atoms with van der Waals surface area (Å²) in [5, 5.41) is 0. The maximum Gasteiger partial charge on any atom is 0.167 e. The first-order valence-corrected chi connectivity index (χ1v) is 5.72. The molecule has 0 saturated carbocycles. The SMILES string of the molecule is O=C1Cc2ccc(/C=C/c3ccccc3)cc21. The summed E-state index contributed by atoms with van der Waals surface area (Å²) < 4.78 is 0. The molecule has 0 aromatic heterocycles. The number of Topliss-reactive ketones (excluding diaryl/α,β-unsaturated/α-hetero) is 1. The van der Waals surface area contributed by atoms with Crippen LogP contribution in [0, 0.1) is 0 Å². The zero-order valence-corrected chi connectivity index (χ0v) is 9.39. The van der Waals surface area contributed by atoms with Crippen molar-refractivity contribution in [3.05, 3.63) is 70.8 Å². The lowest BCUT2D eigenvalue weighted by Gasteiger charge is -2.16. The highest BCUT2D eigenvalue weighted by molar-refractivity contribution is 6.07. The van der Waals surface area contributed by atoms with Crippen molar-refractivity contribution < 1.29 is 4.79 Å². The Bertz CT molecular complexity index is 594. The fraction of sp³-hybridized carbons (Fsp3) is 0.0625. The minimum atomic E-state index is 0.259. The van der Waals surface area contributed by atoms with Gasteiger partial charge >= 0.3 is 0 Å². The molecule has 1 nitrogen and oxygen atoms in total. The van der Waals surface area contributed by atoms with Crippen LogP contribution in [0.3, 0.4) is 0 Å². The molecule has 3 rings (SSSR count). The maximum atomic E-state index is 11.3. The second-order valence-corrected chi connectivity index (χ2v) is 4.26. The van der Waals surface area contributed by atoms with Crippen LogP contribution in [-0.4, -0.2) is 5.78 Å². The number of hydrogen-bond donors (Lipinski definition) is 0. The van der Waals surface area contributed by atoms with E-state index in [0.29, 0.717) is 6.42 Å². The van der Waals surface area contributed by atoms with Gasteiger partial charge in [0.05, 0.1) is 0 Å². The van der Waals surface area contributed by atoms with Gasteiger partial charge in [-0.1, -0.05) is 54.6 Å². The lowest BCUT2D eigenvalue weighted by Crippen LogP contribution is -2.18. The van der Waals surface area contributed by atoms with Gasteiger partial charge in [-0.05, 0) is 22.8 Å². The van der Waals surface area contributed by atoms with E-state index in [1.165, 1.54) is 11.1 Å². The van der Waals surface area contributed by atoms with Gasteiger partial charge in [0.25, 0.3) is 0 Å². The van der Waals surface area contributed by atoms with E-state index in [4.69, 9.17) is 0 Å². The molecular weight excluding hydrogens is 208 g/mol. The Morgan fingerprint density at radius 2 is 1.65 bits per heavy atom. The van der Waals surface area contributed by atoms with Gasteiger partial charge < -0.3 is 0 Å². The smallest absolute Gasteiger partial charge is 0.167 e. The second kappa shape index (κ2) is 4.02. The first-order valence-electron chi connectivity index (χ1n) is 5.72. The van der Waals surface area contributed by atoms with Crippen molar-refractivity contribution in [1.29, 1.82) is 0 Å². The third-order valence-corrected chi connectivity index (χ3v) is 3.05. The van der Waals surface area contributed by atoms with Crippen LogP contribution in [-0.2, 0) is 6.42 Å². The Kier molecular flexibility index (Phi) is 2.37. The van der Waals surface area contributed by atoms with Crippen molar-refractivity contribution in [3.63, 3.8) is 0 Å². The van der Waals surface area contributed by atoms with Gasteiger partial charge in [0.2, 0.25) is 0 Å². The molecule has 0 atom stereocenters. The molecule has 0 aliphatic heterocycles. The fourth-order valence-corrected chi connectivity index (χ4v) is 2.03. The quantitative estimate of drug-likeness (QED) is 0.707. The van der Waals surface area contributed by atoms with E-state index < -0.39 is 0 Å². The molecule has 17 heavy (non-hydrogen) atoms. The number of benzene rings is 2. The van der Waals surface area contributed by atoms with E-state index >= 15 is 0 Å². The molecule has 0 N–H and O–H groups in total. The Morgan fingerprint density at radius 1 is 0.882 bits per heavy atom. The van der Waals surface area contributed by atoms with Crippen molar-refractivity contribution in [2.75, 3.05) is 0 Å². The average molecular weight is 220 g/mol. The second-order valence-electron chi connectivity index (χ2n) is 4.26. The van der Waals surface area contributed by atoms with Crippen LogP contribution in [0.25, 0.3) is 12.2 Å². The van der Waals surface area contributed by atoms with Crippen LogP contribution in [0.15, 0.2) is 48.5 Å². The van der Waals surface area contributed by atoms with Crippen LogP contribution in [0.5, 0.6) is 0 Å². The summed E-state index contributed by atoms with van der Waals surface area (Å²) in [5.41, 5.74) is 4.31. The van der Waals surface area contributed by atoms with E-state index in [9.17, 15) is 4.79 Å². The van der Waals surface area contributed by atoms with E-state index in [-0.39, 0.29) is 5.78 Å². The molecule has 0 fully saturated rings. The Morgan fingerprint density at radius 3 is 2.41 bits per heavy atom. The summed E-state index contributed by atoms with van der Waals surface area (Å²) in [4.78, 5) is 11.3. The zero-order chi connectivity index (χ0) is 11.7. The van der Waals surface area contributed by atoms with Crippen LogP contribution < -0.4 is 0 Å². The summed E-state index contributed by atoms with van der Waals surface area (Å²) in [6, 6.07) is 16.2. The van der Waals surface area contributed by atoms with Gasteiger partial charge in [0, 0.05) is 12.0 Å². The molecule has 0 unspecified atom stereocenters. The summed E-state index contributed by atoms with van der Waals surface area (Å²) >= 11 is 0. The van der Waals surface area contributed by atoms with E-state index in [1.54, 1.807) is 0 Å². The van der Waals surface area contributed by atoms with Crippen molar-refractivity contribution >= 4 is 17.9 Å². The highest BCUT2D eigenvalue weighted by Crippen LogP contribution is 2.24. The van der Waals surface area contributed by atoms with E-state index in [1.807, 2.05) is 36.4 Å². The topological polar surface area (TPSA) is 17.1 Å². The molecule has 0 radical (unpaired) electrons. The van der Waals surface area contributed by atoms with Crippen LogP contribution in [0.2, 0.25) is 0 Å². The highest BCUT2D eigenvalue weighted by atomic mass is 16.1. The first-order chi connectivity index (χ1) is 8.33. The first kappa shape index (κ1) is 10.0. The van der Waals surface area contributed by atoms with Gasteiger partial charge in [-0.2, -0.15) is 0 Å². The average Bonchev–Trinajstić information content (AvgIpc) is 2.37. The third kappa shape index (κ3) is 1.92. The number of rotatable bonds is 2. The minimum absolute atomic E-state index is 0.259. The largest absolute Gasteiger partial charge is 0.294 e. The summed E-state index contributed by atoms with van der Waals surface area (Å²) in [6.07, 6.45) is 4.71. The normalized spacial score (nSPS) is 13.5. The van der Waals surface area contributed by atoms with Gasteiger partial charge in [-0.3, -0.25) is 4.79 Å². The van der Waals surface area contributed by atoms with Gasteiger partial charge in [0.15, 0.2) is 5.78 Å². The van der Waals surface area contributed by atoms with Crippen molar-refractivity contribution in [3.8, 4) is 0 Å². The maximum absolute atomic E-state index is 11.3. The van der Waals surface area contributed by atoms with Gasteiger partial charge in [0.1, 0.15) is 0 Å². The Balaban J connectivity index is 1.87. The van der Waals surface area contributed by atoms with Crippen LogP contribution >= 0.6 is 0 Å². The summed E-state index contributed by atoms with van der Waals surface area (Å²) in [5.74, 6) is 0.259. The number of carbonyl (C=O) groups is 1. The van der Waals surface area contributed by atoms with E-state index in [0.717, 1.165) is 11.1 Å². The van der Waals surface area contributed by atoms with Crippen molar-refractivity contribution in [1.82, 2.24) is 0 Å². The standard InChI is InChI=1S/C16H12O/c17-16-11-14-9-8-13(10-15(14)16)7-6-12-4-2-1-3-5-12/h1-10H,11H2/b7-6+. The van der Waals surface area contributed by atoms with Crippen LogP contribution in [0.4, 0.5) is 0 Å². The van der Waals surface area contributed by atoms with Gasteiger partial charge in [-0.15, -0.1) is 0 Å². The molecule has 2 aromatic carbocycles. The molecule has 0 saturated heterocycles. The minimum Gasteiger partial charge on any atom is -0.294 e. The number of carbonyl (C=O) groups excluding carboxylic acids is 1. The molecule has 0 heterocycles. The molecule has 1 aliphatic rings. The van der Waals surface area contributed by atoms with Crippen molar-refractivity contribution in [2.24, 2.45) is 0 Å². The van der Waals surface area contributed by atoms with Crippen LogP contribution in [0.1, 0.15) is 27.0 Å². The molecule has 0 spiro atoms. The molecule has 2 aromatic rings. The molecular formula is C16H12O. The van der Waals surface area contributed by atoms with E-state index in [2.05, 4.69) is 24.3 Å². The number of fused-ring (bicyclic) bond motifs is 1. The number of ketones is 1. The third-order valence-electron chi connectivity index (χ3n) is 3.05. The molecule has 1 aliphatic carbocycles. The lowest BCUT2D eigenvalue weighted by atomic mass is 9.86. The zero-order valence-electron chi connectivity index (χ0n) is 9.39. The summed E-state index contributed by atoms with van der Waals surface area (Å²) in [6.45, 7) is 0. The lowest BCUT2D eigenvalue weighted by molar-refractivity contribution is 0.0968. The predicted octanol–water partition coefficient (Wildman–Crippen LogP) is 3.60. The molecule has 0 bridgehead atoms. The molecule has 0 amide bonds.